The van der Waals surface area contributed by atoms with Crippen LogP contribution in [0.5, 0.6) is 0 Å². The van der Waals surface area contributed by atoms with Crippen LogP contribution in [0.15, 0.2) is 67.3 Å². The normalized spacial score (nSPS) is 17.1. The van der Waals surface area contributed by atoms with Gasteiger partial charge < -0.3 is 9.47 Å². The number of carbonyl (C=O) groups is 1. The molecule has 1 fully saturated rings. The van der Waals surface area contributed by atoms with Crippen molar-refractivity contribution in [2.45, 2.75) is 26.3 Å². The second kappa shape index (κ2) is 7.78. The van der Waals surface area contributed by atoms with Crippen molar-refractivity contribution in [2.75, 3.05) is 13.1 Å². The van der Waals surface area contributed by atoms with E-state index in [9.17, 15) is 4.79 Å². The van der Waals surface area contributed by atoms with Gasteiger partial charge in [-0.15, -0.1) is 0 Å². The summed E-state index contributed by atoms with van der Waals surface area (Å²) in [6.45, 7) is 4.66. The molecule has 1 atom stereocenters. The quantitative estimate of drug-likeness (QED) is 0.692. The van der Waals surface area contributed by atoms with Crippen LogP contribution in [0.1, 0.15) is 28.8 Å². The van der Waals surface area contributed by atoms with E-state index in [0.29, 0.717) is 5.92 Å². The highest BCUT2D eigenvalue weighted by Gasteiger charge is 2.26. The summed E-state index contributed by atoms with van der Waals surface area (Å²) in [5.74, 6) is 0.617. The summed E-state index contributed by atoms with van der Waals surface area (Å²) in [5, 5.41) is 0. The van der Waals surface area contributed by atoms with Crippen LogP contribution < -0.4 is 0 Å². The molecule has 0 spiro atoms. The van der Waals surface area contributed by atoms with E-state index < -0.39 is 0 Å². The van der Waals surface area contributed by atoms with Crippen LogP contribution in [0.3, 0.4) is 0 Å². The average molecular weight is 359 g/mol. The number of benzene rings is 2. The number of aromatic nitrogens is 2. The minimum absolute atomic E-state index is 0.143. The van der Waals surface area contributed by atoms with Gasteiger partial charge in [-0.3, -0.25) is 4.79 Å². The Labute approximate surface area is 160 Å². The molecule has 27 heavy (non-hydrogen) atoms. The molecule has 1 saturated heterocycles. The van der Waals surface area contributed by atoms with Gasteiger partial charge in [0.1, 0.15) is 0 Å². The van der Waals surface area contributed by atoms with Gasteiger partial charge in [0.05, 0.1) is 6.33 Å². The summed E-state index contributed by atoms with van der Waals surface area (Å²) in [5.41, 5.74) is 4.15. The van der Waals surface area contributed by atoms with Crippen LogP contribution >= 0.6 is 0 Å². The molecule has 4 nitrogen and oxygen atoms in total. The second-order valence-corrected chi connectivity index (χ2v) is 7.38. The molecular weight excluding hydrogens is 334 g/mol. The van der Waals surface area contributed by atoms with Gasteiger partial charge in [0.2, 0.25) is 0 Å². The molecule has 4 heteroatoms. The van der Waals surface area contributed by atoms with Crippen molar-refractivity contribution in [1.29, 1.82) is 0 Å². The minimum atomic E-state index is 0.143. The lowest BCUT2D eigenvalue weighted by Crippen LogP contribution is -2.41. The average Bonchev–Trinajstić information content (AvgIpc) is 3.21. The van der Waals surface area contributed by atoms with Crippen LogP contribution in [0.25, 0.3) is 11.1 Å². The van der Waals surface area contributed by atoms with Crippen LogP contribution in [-0.2, 0) is 6.54 Å². The van der Waals surface area contributed by atoms with Gasteiger partial charge in [-0.1, -0.05) is 42.5 Å². The van der Waals surface area contributed by atoms with Crippen LogP contribution in [0.2, 0.25) is 0 Å². The first kappa shape index (κ1) is 17.5. The molecule has 138 valence electrons. The molecule has 0 bridgehead atoms. The topological polar surface area (TPSA) is 38.1 Å². The third-order valence-electron chi connectivity index (χ3n) is 5.43. The summed E-state index contributed by atoms with van der Waals surface area (Å²) in [4.78, 5) is 19.5. The molecule has 0 saturated carbocycles. The number of hydrogen-bond acceptors (Lipinski definition) is 2. The SMILES string of the molecule is Cc1ccccc1-c1ccccc1C(=O)N1CCCC(Cn2ccnc2)C1. The molecule has 1 aliphatic heterocycles. The highest BCUT2D eigenvalue weighted by molar-refractivity contribution is 6.01. The molecule has 1 aromatic heterocycles. The number of nitrogens with zero attached hydrogens (tertiary/aromatic N) is 3. The molecule has 0 aliphatic carbocycles. The van der Waals surface area contributed by atoms with Crippen LogP contribution in [-0.4, -0.2) is 33.4 Å². The van der Waals surface area contributed by atoms with E-state index in [2.05, 4.69) is 34.7 Å². The Balaban J connectivity index is 1.57. The highest BCUT2D eigenvalue weighted by atomic mass is 16.2. The number of carbonyl (C=O) groups excluding carboxylic acids is 1. The Bertz CT molecular complexity index is 917. The third kappa shape index (κ3) is 3.80. The molecule has 0 N–H and O–H groups in total. The maximum Gasteiger partial charge on any atom is 0.254 e. The fourth-order valence-corrected chi connectivity index (χ4v) is 4.04. The first-order valence-corrected chi connectivity index (χ1v) is 9.62. The number of aryl methyl sites for hydroxylation is 1. The number of hydrogen-bond donors (Lipinski definition) is 0. The fraction of sp³-hybridized carbons (Fsp3) is 0.304. The lowest BCUT2D eigenvalue weighted by atomic mass is 9.93. The first-order chi connectivity index (χ1) is 13.2. The van der Waals surface area contributed by atoms with Crippen molar-refractivity contribution in [1.82, 2.24) is 14.5 Å². The van der Waals surface area contributed by atoms with E-state index in [-0.39, 0.29) is 5.91 Å². The van der Waals surface area contributed by atoms with Crippen molar-refractivity contribution in [3.05, 3.63) is 78.4 Å². The van der Waals surface area contributed by atoms with Gasteiger partial charge >= 0.3 is 0 Å². The summed E-state index contributed by atoms with van der Waals surface area (Å²) >= 11 is 0. The number of piperidine rings is 1. The maximum atomic E-state index is 13.4. The maximum absolute atomic E-state index is 13.4. The van der Waals surface area contributed by atoms with E-state index in [1.807, 2.05) is 54.0 Å². The summed E-state index contributed by atoms with van der Waals surface area (Å²) in [6, 6.07) is 16.3. The molecule has 2 heterocycles. The summed E-state index contributed by atoms with van der Waals surface area (Å²) < 4.78 is 2.11. The zero-order chi connectivity index (χ0) is 18.6. The fourth-order valence-electron chi connectivity index (χ4n) is 4.04. The number of likely N-dealkylation sites (tertiary alicyclic amines) is 1. The van der Waals surface area contributed by atoms with Gasteiger partial charge in [-0.25, -0.2) is 4.98 Å². The highest BCUT2D eigenvalue weighted by Crippen LogP contribution is 2.29. The van der Waals surface area contributed by atoms with Gasteiger partial charge in [0.25, 0.3) is 5.91 Å². The first-order valence-electron chi connectivity index (χ1n) is 9.62. The van der Waals surface area contributed by atoms with E-state index >= 15 is 0 Å². The minimum Gasteiger partial charge on any atom is -0.338 e. The lowest BCUT2D eigenvalue weighted by molar-refractivity contribution is 0.0663. The van der Waals surface area contributed by atoms with Crippen LogP contribution in [0.4, 0.5) is 0 Å². The van der Waals surface area contributed by atoms with Crippen molar-refractivity contribution >= 4 is 5.91 Å². The van der Waals surface area contributed by atoms with Crippen molar-refractivity contribution in [3.8, 4) is 11.1 Å². The van der Waals surface area contributed by atoms with Crippen molar-refractivity contribution < 1.29 is 4.79 Å². The van der Waals surface area contributed by atoms with E-state index in [4.69, 9.17) is 0 Å². The molecule has 1 unspecified atom stereocenters. The second-order valence-electron chi connectivity index (χ2n) is 7.38. The molecule has 4 rings (SSSR count). The molecule has 1 aliphatic rings. The monoisotopic (exact) mass is 359 g/mol. The predicted molar refractivity (Wildman–Crippen MR) is 107 cm³/mol. The number of amides is 1. The molecular formula is C23H25N3O. The third-order valence-corrected chi connectivity index (χ3v) is 5.43. The zero-order valence-corrected chi connectivity index (χ0v) is 15.7. The summed E-state index contributed by atoms with van der Waals surface area (Å²) in [6.07, 6.45) is 7.87. The van der Waals surface area contributed by atoms with Gasteiger partial charge in [0, 0.05) is 37.6 Å². The smallest absolute Gasteiger partial charge is 0.254 e. The molecule has 1 amide bonds. The Hall–Kier alpha value is -2.88. The Morgan fingerprint density at radius 3 is 2.67 bits per heavy atom. The number of imidazole rings is 1. The summed E-state index contributed by atoms with van der Waals surface area (Å²) in [7, 11) is 0. The Morgan fingerprint density at radius 1 is 1.11 bits per heavy atom. The van der Waals surface area contributed by atoms with Crippen molar-refractivity contribution in [2.24, 2.45) is 5.92 Å². The van der Waals surface area contributed by atoms with E-state index in [0.717, 1.165) is 49.2 Å². The molecule has 2 aromatic carbocycles. The lowest BCUT2D eigenvalue weighted by Gasteiger charge is -2.33. The Kier molecular flexibility index (Phi) is 5.05. The molecule has 3 aromatic rings. The standard InChI is InChI=1S/C23H25N3O/c1-18-7-2-3-9-20(18)21-10-4-5-11-22(21)23(27)26-13-6-8-19(16-26)15-25-14-12-24-17-25/h2-5,7,9-12,14,17,19H,6,8,13,15-16H2,1H3. The van der Waals surface area contributed by atoms with E-state index in [1.54, 1.807) is 0 Å². The van der Waals surface area contributed by atoms with Gasteiger partial charge in [-0.2, -0.15) is 0 Å². The van der Waals surface area contributed by atoms with E-state index in [1.165, 1.54) is 5.56 Å². The largest absolute Gasteiger partial charge is 0.338 e. The van der Waals surface area contributed by atoms with Gasteiger partial charge in [-0.05, 0) is 48.4 Å². The predicted octanol–water partition coefficient (Wildman–Crippen LogP) is 4.41. The number of rotatable bonds is 4. The Morgan fingerprint density at radius 2 is 1.89 bits per heavy atom. The van der Waals surface area contributed by atoms with Gasteiger partial charge in [0.15, 0.2) is 0 Å². The molecule has 0 radical (unpaired) electrons. The van der Waals surface area contributed by atoms with Crippen LogP contribution in [0, 0.1) is 12.8 Å². The van der Waals surface area contributed by atoms with Crippen molar-refractivity contribution in [3.63, 3.8) is 0 Å². The zero-order valence-electron chi connectivity index (χ0n) is 15.7.